The monoisotopic (exact) mass is 367 g/mol. The fourth-order valence-electron chi connectivity index (χ4n) is 2.72. The summed E-state index contributed by atoms with van der Waals surface area (Å²) in [6, 6.07) is 9.81. The van der Waals surface area contributed by atoms with Gasteiger partial charge in [-0.1, -0.05) is 30.0 Å². The van der Waals surface area contributed by atoms with E-state index in [2.05, 4.69) is 19.9 Å². The van der Waals surface area contributed by atoms with Crippen molar-refractivity contribution in [2.45, 2.75) is 31.3 Å². The molecule has 26 heavy (non-hydrogen) atoms. The summed E-state index contributed by atoms with van der Waals surface area (Å²) in [5.41, 5.74) is 2.54. The first-order valence-corrected chi connectivity index (χ1v) is 9.24. The van der Waals surface area contributed by atoms with Crippen LogP contribution >= 0.6 is 11.8 Å². The van der Waals surface area contributed by atoms with Crippen LogP contribution in [0, 0.1) is 6.92 Å². The predicted octanol–water partition coefficient (Wildman–Crippen LogP) is 3.40. The van der Waals surface area contributed by atoms with Crippen LogP contribution in [0.15, 0.2) is 51.0 Å². The molecule has 3 aromatic heterocycles. The summed E-state index contributed by atoms with van der Waals surface area (Å²) in [4.78, 5) is 27.8. The molecule has 0 saturated carbocycles. The van der Waals surface area contributed by atoms with Crippen LogP contribution in [-0.2, 0) is 12.3 Å². The standard InChI is InChI=1S/C18H17N5O2S/c1-3-23-15-14(16(24)20-10-19-15)22-18(23)26-9-13-11(2)25-17(21-13)12-7-5-4-6-8-12/h4-8,10H,3,9H2,1-2H3,(H,19,20,24). The first-order valence-electron chi connectivity index (χ1n) is 8.25. The number of H-pyrrole nitrogens is 1. The van der Waals surface area contributed by atoms with E-state index in [-0.39, 0.29) is 5.56 Å². The van der Waals surface area contributed by atoms with Crippen LogP contribution in [0.2, 0.25) is 0 Å². The van der Waals surface area contributed by atoms with Gasteiger partial charge in [0.15, 0.2) is 16.3 Å². The van der Waals surface area contributed by atoms with E-state index >= 15 is 0 Å². The Morgan fingerprint density at radius 2 is 2.04 bits per heavy atom. The van der Waals surface area contributed by atoms with Gasteiger partial charge < -0.3 is 14.0 Å². The predicted molar refractivity (Wildman–Crippen MR) is 100 cm³/mol. The Morgan fingerprint density at radius 3 is 2.81 bits per heavy atom. The van der Waals surface area contributed by atoms with Gasteiger partial charge in [-0.05, 0) is 26.0 Å². The highest BCUT2D eigenvalue weighted by molar-refractivity contribution is 7.98. The van der Waals surface area contributed by atoms with Gasteiger partial charge in [0.2, 0.25) is 5.89 Å². The number of imidazole rings is 1. The van der Waals surface area contributed by atoms with E-state index in [1.54, 1.807) is 0 Å². The number of oxazole rings is 1. The van der Waals surface area contributed by atoms with Crippen LogP contribution < -0.4 is 5.56 Å². The van der Waals surface area contributed by atoms with Gasteiger partial charge in [0.1, 0.15) is 5.76 Å². The van der Waals surface area contributed by atoms with Crippen molar-refractivity contribution in [2.75, 3.05) is 0 Å². The highest BCUT2D eigenvalue weighted by atomic mass is 32.2. The number of rotatable bonds is 5. The largest absolute Gasteiger partial charge is 0.441 e. The Hall–Kier alpha value is -2.87. The van der Waals surface area contributed by atoms with Crippen molar-refractivity contribution >= 4 is 22.9 Å². The van der Waals surface area contributed by atoms with Gasteiger partial charge in [-0.15, -0.1) is 0 Å². The maximum atomic E-state index is 11.9. The number of hydrogen-bond acceptors (Lipinski definition) is 6. The van der Waals surface area contributed by atoms with Crippen molar-refractivity contribution in [2.24, 2.45) is 0 Å². The number of aromatic amines is 1. The maximum absolute atomic E-state index is 11.9. The van der Waals surface area contributed by atoms with Crippen molar-refractivity contribution in [3.8, 4) is 11.5 Å². The minimum Gasteiger partial charge on any atom is -0.441 e. The van der Waals surface area contributed by atoms with Crippen LogP contribution in [0.4, 0.5) is 0 Å². The van der Waals surface area contributed by atoms with E-state index in [9.17, 15) is 4.79 Å². The molecule has 7 nitrogen and oxygen atoms in total. The van der Waals surface area contributed by atoms with Crippen LogP contribution in [0.3, 0.4) is 0 Å². The van der Waals surface area contributed by atoms with Crippen molar-refractivity contribution in [3.63, 3.8) is 0 Å². The quantitative estimate of drug-likeness (QED) is 0.544. The molecule has 0 amide bonds. The lowest BCUT2D eigenvalue weighted by molar-refractivity contribution is 0.540. The van der Waals surface area contributed by atoms with E-state index in [1.807, 2.05) is 48.7 Å². The third-order valence-electron chi connectivity index (χ3n) is 4.07. The Bertz CT molecular complexity index is 1110. The summed E-state index contributed by atoms with van der Waals surface area (Å²) in [6.07, 6.45) is 1.40. The number of aryl methyl sites for hydroxylation is 2. The minimum atomic E-state index is -0.229. The molecule has 0 aliphatic heterocycles. The number of nitrogens with zero attached hydrogens (tertiary/aromatic N) is 4. The number of aromatic nitrogens is 5. The molecule has 0 unspecified atom stereocenters. The summed E-state index contributed by atoms with van der Waals surface area (Å²) in [6.45, 7) is 4.59. The van der Waals surface area contributed by atoms with Crippen LogP contribution in [-0.4, -0.2) is 24.5 Å². The Morgan fingerprint density at radius 1 is 1.23 bits per heavy atom. The van der Waals surface area contributed by atoms with Gasteiger partial charge in [0, 0.05) is 17.9 Å². The molecule has 1 N–H and O–H groups in total. The average Bonchev–Trinajstić information content (AvgIpc) is 3.21. The van der Waals surface area contributed by atoms with Gasteiger partial charge in [0.05, 0.1) is 12.0 Å². The molecule has 8 heteroatoms. The number of nitrogens with one attached hydrogen (secondary N) is 1. The topological polar surface area (TPSA) is 89.6 Å². The summed E-state index contributed by atoms with van der Waals surface area (Å²) in [5.74, 6) is 2.00. The number of thioether (sulfide) groups is 1. The molecule has 0 spiro atoms. The third-order valence-corrected chi connectivity index (χ3v) is 5.06. The third kappa shape index (κ3) is 2.92. The lowest BCUT2D eigenvalue weighted by atomic mass is 10.2. The lowest BCUT2D eigenvalue weighted by Gasteiger charge is -2.03. The highest BCUT2D eigenvalue weighted by Crippen LogP contribution is 2.28. The lowest BCUT2D eigenvalue weighted by Crippen LogP contribution is -2.07. The fraction of sp³-hybridized carbons (Fsp3) is 0.222. The van der Waals surface area contributed by atoms with Gasteiger partial charge in [-0.2, -0.15) is 0 Å². The summed E-state index contributed by atoms with van der Waals surface area (Å²) in [7, 11) is 0. The van der Waals surface area contributed by atoms with E-state index < -0.39 is 0 Å². The molecular weight excluding hydrogens is 350 g/mol. The molecule has 4 rings (SSSR count). The van der Waals surface area contributed by atoms with E-state index in [4.69, 9.17) is 4.42 Å². The maximum Gasteiger partial charge on any atom is 0.278 e. The Labute approximate surface area is 153 Å². The fourth-order valence-corrected chi connectivity index (χ4v) is 3.78. The second kappa shape index (κ2) is 6.80. The number of hydrogen-bond donors (Lipinski definition) is 1. The first kappa shape index (κ1) is 16.6. The molecule has 0 fully saturated rings. The molecule has 0 bridgehead atoms. The highest BCUT2D eigenvalue weighted by Gasteiger charge is 2.16. The van der Waals surface area contributed by atoms with Gasteiger partial charge in [-0.3, -0.25) is 4.79 Å². The molecule has 1 aromatic carbocycles. The van der Waals surface area contributed by atoms with E-state index in [0.29, 0.717) is 29.4 Å². The van der Waals surface area contributed by atoms with Crippen molar-refractivity contribution in [3.05, 3.63) is 58.5 Å². The van der Waals surface area contributed by atoms with Crippen LogP contribution in [0.5, 0.6) is 0 Å². The molecular formula is C18H17N5O2S. The smallest absolute Gasteiger partial charge is 0.278 e. The van der Waals surface area contributed by atoms with Gasteiger partial charge in [-0.25, -0.2) is 15.0 Å². The summed E-state index contributed by atoms with van der Waals surface area (Å²) in [5, 5.41) is 0.746. The summed E-state index contributed by atoms with van der Waals surface area (Å²) < 4.78 is 7.74. The molecule has 0 saturated heterocycles. The Balaban J connectivity index is 1.62. The number of fused-ring (bicyclic) bond motifs is 1. The molecule has 0 aliphatic carbocycles. The molecule has 0 atom stereocenters. The second-order valence-corrected chi connectivity index (χ2v) is 6.66. The van der Waals surface area contributed by atoms with Crippen LogP contribution in [0.25, 0.3) is 22.6 Å². The molecule has 132 valence electrons. The van der Waals surface area contributed by atoms with E-state index in [1.165, 1.54) is 18.1 Å². The minimum absolute atomic E-state index is 0.229. The van der Waals surface area contributed by atoms with Crippen molar-refractivity contribution in [1.29, 1.82) is 0 Å². The first-order chi connectivity index (χ1) is 12.7. The molecule has 4 aromatic rings. The molecule has 3 heterocycles. The molecule has 0 radical (unpaired) electrons. The zero-order valence-electron chi connectivity index (χ0n) is 14.4. The van der Waals surface area contributed by atoms with Crippen molar-refractivity contribution in [1.82, 2.24) is 24.5 Å². The van der Waals surface area contributed by atoms with Crippen molar-refractivity contribution < 1.29 is 4.42 Å². The van der Waals surface area contributed by atoms with Gasteiger partial charge >= 0.3 is 0 Å². The molecule has 0 aliphatic rings. The normalized spacial score (nSPS) is 11.3. The Kier molecular flexibility index (Phi) is 4.34. The SMILES string of the molecule is CCn1c(SCc2nc(-c3ccccc3)oc2C)nc2c(=O)[nH]cnc21. The zero-order valence-corrected chi connectivity index (χ0v) is 15.2. The van der Waals surface area contributed by atoms with Crippen LogP contribution in [0.1, 0.15) is 18.4 Å². The summed E-state index contributed by atoms with van der Waals surface area (Å²) >= 11 is 1.52. The zero-order chi connectivity index (χ0) is 18.1. The number of benzene rings is 1. The van der Waals surface area contributed by atoms with Gasteiger partial charge in [0.25, 0.3) is 5.56 Å². The average molecular weight is 367 g/mol. The van der Waals surface area contributed by atoms with E-state index in [0.717, 1.165) is 22.2 Å². The second-order valence-electron chi connectivity index (χ2n) is 5.72.